The van der Waals surface area contributed by atoms with Crippen molar-refractivity contribution >= 4 is 11.9 Å². The van der Waals surface area contributed by atoms with Gasteiger partial charge in [0.1, 0.15) is 0 Å². The number of carboxylic acid groups (broad SMARTS) is 1. The molecule has 0 spiro atoms. The summed E-state index contributed by atoms with van der Waals surface area (Å²) in [6.07, 6.45) is 0. The summed E-state index contributed by atoms with van der Waals surface area (Å²) in [5, 5.41) is 20.4. The Kier molecular flexibility index (Phi) is 4.98. The first kappa shape index (κ1) is 13.8. The minimum atomic E-state index is -0.975. The lowest BCUT2D eigenvalue weighted by Crippen LogP contribution is -2.34. The Balaban J connectivity index is 2.34. The van der Waals surface area contributed by atoms with Crippen LogP contribution in [0.4, 0.5) is 0 Å². The van der Waals surface area contributed by atoms with Gasteiger partial charge in [0.15, 0.2) is 18.1 Å². The summed E-state index contributed by atoms with van der Waals surface area (Å²) >= 11 is 0. The van der Waals surface area contributed by atoms with Gasteiger partial charge in [-0.3, -0.25) is 9.59 Å². The van der Waals surface area contributed by atoms with Crippen LogP contribution in [0.2, 0.25) is 0 Å². The molecular formula is C12H15NO5. The van der Waals surface area contributed by atoms with E-state index in [1.165, 1.54) is 19.1 Å². The number of hydrogen-bond acceptors (Lipinski definition) is 4. The minimum Gasteiger partial charge on any atom is -0.504 e. The number of amides is 1. The van der Waals surface area contributed by atoms with Crippen molar-refractivity contribution in [3.05, 3.63) is 24.3 Å². The normalized spacial score (nSPS) is 11.6. The van der Waals surface area contributed by atoms with E-state index in [-0.39, 0.29) is 24.7 Å². The Morgan fingerprint density at radius 2 is 2.06 bits per heavy atom. The predicted octanol–water partition coefficient (Wildman–Crippen LogP) is 0.608. The van der Waals surface area contributed by atoms with Gasteiger partial charge in [-0.05, 0) is 12.1 Å². The van der Waals surface area contributed by atoms with E-state index in [1.54, 1.807) is 12.1 Å². The zero-order chi connectivity index (χ0) is 13.5. The van der Waals surface area contributed by atoms with Crippen LogP contribution in [-0.2, 0) is 9.59 Å². The number of nitrogens with one attached hydrogen (secondary N) is 1. The minimum absolute atomic E-state index is 0.0400. The van der Waals surface area contributed by atoms with Crippen LogP contribution in [-0.4, -0.2) is 35.2 Å². The highest BCUT2D eigenvalue weighted by atomic mass is 16.5. The predicted molar refractivity (Wildman–Crippen MR) is 63.4 cm³/mol. The molecule has 0 radical (unpaired) electrons. The summed E-state index contributed by atoms with van der Waals surface area (Å²) in [4.78, 5) is 21.9. The number of ether oxygens (including phenoxy) is 1. The van der Waals surface area contributed by atoms with Crippen LogP contribution in [0.1, 0.15) is 6.92 Å². The molecule has 1 atom stereocenters. The highest BCUT2D eigenvalue weighted by Gasteiger charge is 2.12. The Hall–Kier alpha value is -2.24. The summed E-state index contributed by atoms with van der Waals surface area (Å²) in [5.41, 5.74) is 0. The molecule has 0 aliphatic heterocycles. The number of rotatable bonds is 6. The van der Waals surface area contributed by atoms with Gasteiger partial charge in [0.25, 0.3) is 5.91 Å². The Morgan fingerprint density at radius 1 is 1.39 bits per heavy atom. The largest absolute Gasteiger partial charge is 0.504 e. The molecule has 1 rings (SSSR count). The lowest BCUT2D eigenvalue weighted by molar-refractivity contribution is -0.141. The summed E-state index contributed by atoms with van der Waals surface area (Å²) in [6.45, 7) is 1.26. The zero-order valence-corrected chi connectivity index (χ0v) is 9.92. The maximum atomic E-state index is 11.3. The number of para-hydroxylation sites is 2. The third-order valence-electron chi connectivity index (χ3n) is 2.25. The second-order valence-corrected chi connectivity index (χ2v) is 3.80. The number of carbonyl (C=O) groups excluding carboxylic acids is 1. The maximum Gasteiger partial charge on any atom is 0.308 e. The number of aliphatic carboxylic acids is 1. The van der Waals surface area contributed by atoms with E-state index >= 15 is 0 Å². The fraction of sp³-hybridized carbons (Fsp3) is 0.333. The second kappa shape index (κ2) is 6.48. The third kappa shape index (κ3) is 4.32. The number of benzene rings is 1. The van der Waals surface area contributed by atoms with Crippen molar-refractivity contribution in [3.8, 4) is 11.5 Å². The molecule has 0 aliphatic carbocycles. The fourth-order valence-corrected chi connectivity index (χ4v) is 1.13. The van der Waals surface area contributed by atoms with Gasteiger partial charge in [-0.2, -0.15) is 0 Å². The highest BCUT2D eigenvalue weighted by molar-refractivity contribution is 5.78. The van der Waals surface area contributed by atoms with Crippen molar-refractivity contribution < 1.29 is 24.5 Å². The van der Waals surface area contributed by atoms with E-state index in [2.05, 4.69) is 5.32 Å². The number of carbonyl (C=O) groups is 2. The van der Waals surface area contributed by atoms with E-state index in [0.717, 1.165) is 0 Å². The van der Waals surface area contributed by atoms with Gasteiger partial charge in [-0.15, -0.1) is 0 Å². The quantitative estimate of drug-likeness (QED) is 0.690. The molecule has 0 saturated heterocycles. The van der Waals surface area contributed by atoms with Gasteiger partial charge in [0.05, 0.1) is 5.92 Å². The molecular weight excluding hydrogens is 238 g/mol. The van der Waals surface area contributed by atoms with Gasteiger partial charge in [0.2, 0.25) is 0 Å². The first-order valence-electron chi connectivity index (χ1n) is 5.41. The highest BCUT2D eigenvalue weighted by Crippen LogP contribution is 2.23. The van der Waals surface area contributed by atoms with E-state index in [9.17, 15) is 14.7 Å². The van der Waals surface area contributed by atoms with Gasteiger partial charge in [0, 0.05) is 6.54 Å². The maximum absolute atomic E-state index is 11.3. The number of phenols is 1. The first-order chi connectivity index (χ1) is 8.50. The van der Waals surface area contributed by atoms with Crippen molar-refractivity contribution in [2.75, 3.05) is 13.2 Å². The summed E-state index contributed by atoms with van der Waals surface area (Å²) in [7, 11) is 0. The molecule has 1 unspecified atom stereocenters. The van der Waals surface area contributed by atoms with Crippen LogP contribution in [0.15, 0.2) is 24.3 Å². The Bertz CT molecular complexity index is 432. The third-order valence-corrected chi connectivity index (χ3v) is 2.25. The van der Waals surface area contributed by atoms with E-state index in [0.29, 0.717) is 0 Å². The molecule has 0 fully saturated rings. The standard InChI is InChI=1S/C12H15NO5/c1-8(12(16)17)6-13-11(15)7-18-10-5-3-2-4-9(10)14/h2-5,8,14H,6-7H2,1H3,(H,13,15)(H,16,17). The molecule has 6 heteroatoms. The van der Waals surface area contributed by atoms with Crippen LogP contribution >= 0.6 is 0 Å². The Morgan fingerprint density at radius 3 is 2.67 bits per heavy atom. The van der Waals surface area contributed by atoms with Crippen LogP contribution in [0.25, 0.3) is 0 Å². The molecule has 18 heavy (non-hydrogen) atoms. The topological polar surface area (TPSA) is 95.9 Å². The van der Waals surface area contributed by atoms with Crippen molar-refractivity contribution in [2.45, 2.75) is 6.92 Å². The molecule has 0 aromatic heterocycles. The number of carboxylic acids is 1. The van der Waals surface area contributed by atoms with E-state index < -0.39 is 17.8 Å². The molecule has 1 amide bonds. The van der Waals surface area contributed by atoms with Crippen LogP contribution in [0, 0.1) is 5.92 Å². The molecule has 0 bridgehead atoms. The second-order valence-electron chi connectivity index (χ2n) is 3.80. The van der Waals surface area contributed by atoms with E-state index in [1.807, 2.05) is 0 Å². The molecule has 0 aliphatic rings. The number of hydrogen-bond donors (Lipinski definition) is 3. The number of phenolic OH excluding ortho intramolecular Hbond substituents is 1. The van der Waals surface area contributed by atoms with Crippen molar-refractivity contribution in [1.82, 2.24) is 5.32 Å². The Labute approximate surface area is 104 Å². The lowest BCUT2D eigenvalue weighted by atomic mass is 10.2. The van der Waals surface area contributed by atoms with Gasteiger partial charge >= 0.3 is 5.97 Å². The van der Waals surface area contributed by atoms with Crippen molar-refractivity contribution in [2.24, 2.45) is 5.92 Å². The van der Waals surface area contributed by atoms with Gasteiger partial charge < -0.3 is 20.3 Å². The average Bonchev–Trinajstić information content (AvgIpc) is 2.34. The van der Waals surface area contributed by atoms with Crippen molar-refractivity contribution in [1.29, 1.82) is 0 Å². The zero-order valence-electron chi connectivity index (χ0n) is 9.92. The molecule has 98 valence electrons. The molecule has 1 aromatic rings. The fourth-order valence-electron chi connectivity index (χ4n) is 1.13. The van der Waals surface area contributed by atoms with Gasteiger partial charge in [-0.25, -0.2) is 0 Å². The van der Waals surface area contributed by atoms with E-state index in [4.69, 9.17) is 9.84 Å². The molecule has 6 nitrogen and oxygen atoms in total. The first-order valence-corrected chi connectivity index (χ1v) is 5.41. The van der Waals surface area contributed by atoms with Gasteiger partial charge in [-0.1, -0.05) is 19.1 Å². The lowest BCUT2D eigenvalue weighted by Gasteiger charge is -2.10. The number of aromatic hydroxyl groups is 1. The average molecular weight is 253 g/mol. The molecule has 3 N–H and O–H groups in total. The summed E-state index contributed by atoms with van der Waals surface area (Å²) < 4.78 is 5.08. The van der Waals surface area contributed by atoms with Crippen LogP contribution < -0.4 is 10.1 Å². The molecule has 0 heterocycles. The smallest absolute Gasteiger partial charge is 0.308 e. The SMILES string of the molecule is CC(CNC(=O)COc1ccccc1O)C(=O)O. The molecule has 1 aromatic carbocycles. The van der Waals surface area contributed by atoms with Crippen molar-refractivity contribution in [3.63, 3.8) is 0 Å². The monoisotopic (exact) mass is 253 g/mol. The van der Waals surface area contributed by atoms with Crippen LogP contribution in [0.3, 0.4) is 0 Å². The summed E-state index contributed by atoms with van der Waals surface area (Å²) in [5.74, 6) is -1.91. The molecule has 0 saturated carbocycles. The van der Waals surface area contributed by atoms with Crippen LogP contribution in [0.5, 0.6) is 11.5 Å². The summed E-state index contributed by atoms with van der Waals surface area (Å²) in [6, 6.07) is 6.28.